The van der Waals surface area contributed by atoms with Crippen LogP contribution < -0.4 is 5.32 Å². The first kappa shape index (κ1) is 21.8. The molecule has 2 atom stereocenters. The summed E-state index contributed by atoms with van der Waals surface area (Å²) in [5, 5.41) is 2.85. The fourth-order valence-corrected chi connectivity index (χ4v) is 4.15. The fraction of sp³-hybridized carbons (Fsp3) is 0.417. The monoisotopic (exact) mass is 410 g/mol. The number of benzene rings is 1. The van der Waals surface area contributed by atoms with Gasteiger partial charge >= 0.3 is 0 Å². The van der Waals surface area contributed by atoms with Crippen molar-refractivity contribution in [3.63, 3.8) is 0 Å². The number of Topliss-reactive ketones (excluding diaryl/α,β-unsaturated/α-hetero) is 2. The van der Waals surface area contributed by atoms with E-state index in [-0.39, 0.29) is 35.9 Å². The summed E-state index contributed by atoms with van der Waals surface area (Å²) in [4.78, 5) is 42.2. The van der Waals surface area contributed by atoms with E-state index in [0.29, 0.717) is 11.3 Å². The molecule has 1 saturated carbocycles. The van der Waals surface area contributed by atoms with Crippen LogP contribution in [0.25, 0.3) is 11.3 Å². The van der Waals surface area contributed by atoms with Gasteiger partial charge in [0.1, 0.15) is 17.5 Å². The van der Waals surface area contributed by atoms with Gasteiger partial charge in [0.15, 0.2) is 5.78 Å². The van der Waals surface area contributed by atoms with Gasteiger partial charge in [-0.05, 0) is 75.6 Å². The van der Waals surface area contributed by atoms with Crippen LogP contribution in [-0.4, -0.2) is 28.0 Å². The number of carbonyl (C=O) groups excluding carboxylic acids is 3. The lowest BCUT2D eigenvalue weighted by Gasteiger charge is -2.21. The minimum absolute atomic E-state index is 0.0218. The molecule has 0 spiro atoms. The number of halogens is 1. The molecule has 2 aromatic rings. The zero-order chi connectivity index (χ0) is 22.2. The molecule has 1 aromatic carbocycles. The standard InChI is InChI=1S/C24H27FN2O3/c1-13-8-15(18-7-6-17(25)12-26-18)9-14(2)21(13)22-19(28)10-16(23(22)30)11-20(29)27-24(3,4)5/h6-9,12,16,22H,10-11H2,1-5H3,(H,27,29). The number of ketones is 2. The average molecular weight is 410 g/mol. The van der Waals surface area contributed by atoms with Crippen LogP contribution in [-0.2, 0) is 14.4 Å². The number of aromatic nitrogens is 1. The molecule has 1 aromatic heterocycles. The van der Waals surface area contributed by atoms with Gasteiger partial charge in [-0.1, -0.05) is 0 Å². The highest BCUT2D eigenvalue weighted by molar-refractivity contribution is 6.15. The van der Waals surface area contributed by atoms with E-state index in [2.05, 4.69) is 10.3 Å². The molecular formula is C24H27FN2O3. The van der Waals surface area contributed by atoms with E-state index in [0.717, 1.165) is 22.9 Å². The lowest BCUT2D eigenvalue weighted by molar-refractivity contribution is -0.129. The number of nitrogens with one attached hydrogen (secondary N) is 1. The van der Waals surface area contributed by atoms with E-state index in [9.17, 15) is 18.8 Å². The normalized spacial score (nSPS) is 19.3. The number of amides is 1. The second-order valence-electron chi connectivity index (χ2n) is 9.09. The summed E-state index contributed by atoms with van der Waals surface area (Å²) in [5.74, 6) is -2.40. The number of aryl methyl sites for hydroxylation is 2. The first-order chi connectivity index (χ1) is 14.0. The van der Waals surface area contributed by atoms with E-state index in [1.165, 1.54) is 6.07 Å². The summed E-state index contributed by atoms with van der Waals surface area (Å²) in [6.45, 7) is 9.34. The van der Waals surface area contributed by atoms with E-state index in [1.807, 2.05) is 46.8 Å². The predicted octanol–water partition coefficient (Wildman–Crippen LogP) is 4.05. The van der Waals surface area contributed by atoms with Gasteiger partial charge in [-0.25, -0.2) is 4.39 Å². The number of nitrogens with zero attached hydrogens (tertiary/aromatic N) is 1. The summed E-state index contributed by atoms with van der Waals surface area (Å²) < 4.78 is 13.2. The third-order valence-corrected chi connectivity index (χ3v) is 5.31. The molecule has 3 rings (SSSR count). The molecular weight excluding hydrogens is 383 g/mol. The summed E-state index contributed by atoms with van der Waals surface area (Å²) in [6, 6.07) is 6.67. The van der Waals surface area contributed by atoms with Crippen LogP contribution in [0.1, 0.15) is 56.2 Å². The van der Waals surface area contributed by atoms with Crippen LogP contribution in [0.5, 0.6) is 0 Å². The zero-order valence-corrected chi connectivity index (χ0v) is 18.0. The quantitative estimate of drug-likeness (QED) is 0.772. The summed E-state index contributed by atoms with van der Waals surface area (Å²) >= 11 is 0. The van der Waals surface area contributed by atoms with Crippen molar-refractivity contribution in [2.75, 3.05) is 0 Å². The molecule has 0 saturated heterocycles. The fourth-order valence-electron chi connectivity index (χ4n) is 4.15. The minimum atomic E-state index is -0.840. The van der Waals surface area contributed by atoms with Crippen molar-refractivity contribution in [3.8, 4) is 11.3 Å². The van der Waals surface area contributed by atoms with Crippen LogP contribution in [0.2, 0.25) is 0 Å². The SMILES string of the molecule is Cc1cc(-c2ccc(F)cn2)cc(C)c1C1C(=O)CC(CC(=O)NC(C)(C)C)C1=O. The van der Waals surface area contributed by atoms with Crippen LogP contribution in [0.15, 0.2) is 30.5 Å². The zero-order valence-electron chi connectivity index (χ0n) is 18.0. The smallest absolute Gasteiger partial charge is 0.221 e. The number of pyridine rings is 1. The third-order valence-electron chi connectivity index (χ3n) is 5.31. The van der Waals surface area contributed by atoms with Gasteiger partial charge in [-0.2, -0.15) is 0 Å². The maximum absolute atomic E-state index is 13.2. The maximum atomic E-state index is 13.2. The molecule has 1 amide bonds. The van der Waals surface area contributed by atoms with Gasteiger partial charge in [0, 0.05) is 29.9 Å². The van der Waals surface area contributed by atoms with E-state index >= 15 is 0 Å². The van der Waals surface area contributed by atoms with Crippen LogP contribution >= 0.6 is 0 Å². The molecule has 0 bridgehead atoms. The molecule has 158 valence electrons. The second kappa shape index (κ2) is 8.09. The number of carbonyl (C=O) groups is 3. The largest absolute Gasteiger partial charge is 0.351 e. The Bertz CT molecular complexity index is 983. The first-order valence-electron chi connectivity index (χ1n) is 10.1. The number of hydrogen-bond donors (Lipinski definition) is 1. The molecule has 1 N–H and O–H groups in total. The Hall–Kier alpha value is -2.89. The molecule has 0 radical (unpaired) electrons. The van der Waals surface area contributed by atoms with Crippen molar-refractivity contribution in [1.29, 1.82) is 0 Å². The lowest BCUT2D eigenvalue weighted by atomic mass is 9.85. The Morgan fingerprint density at radius 3 is 2.33 bits per heavy atom. The highest BCUT2D eigenvalue weighted by Crippen LogP contribution is 2.38. The molecule has 0 aliphatic heterocycles. The Kier molecular flexibility index (Phi) is 5.88. The molecule has 5 nitrogen and oxygen atoms in total. The van der Waals surface area contributed by atoms with Crippen molar-refractivity contribution in [3.05, 3.63) is 53.0 Å². The van der Waals surface area contributed by atoms with Crippen molar-refractivity contribution in [2.45, 2.75) is 58.9 Å². The van der Waals surface area contributed by atoms with Crippen LogP contribution in [0.4, 0.5) is 4.39 Å². The predicted molar refractivity (Wildman–Crippen MR) is 112 cm³/mol. The van der Waals surface area contributed by atoms with Crippen LogP contribution in [0, 0.1) is 25.6 Å². The van der Waals surface area contributed by atoms with Crippen molar-refractivity contribution in [1.82, 2.24) is 10.3 Å². The Balaban J connectivity index is 1.86. The third kappa shape index (κ3) is 4.64. The van der Waals surface area contributed by atoms with Gasteiger partial charge in [0.25, 0.3) is 0 Å². The Labute approximate surface area is 176 Å². The van der Waals surface area contributed by atoms with E-state index in [1.54, 1.807) is 6.07 Å². The van der Waals surface area contributed by atoms with Gasteiger partial charge < -0.3 is 5.32 Å². The molecule has 30 heavy (non-hydrogen) atoms. The number of hydrogen-bond acceptors (Lipinski definition) is 4. The summed E-state index contributed by atoms with van der Waals surface area (Å²) in [7, 11) is 0. The summed E-state index contributed by atoms with van der Waals surface area (Å²) in [5.41, 5.74) is 3.35. The van der Waals surface area contributed by atoms with Gasteiger partial charge in [0.05, 0.1) is 11.9 Å². The second-order valence-corrected chi connectivity index (χ2v) is 9.09. The summed E-state index contributed by atoms with van der Waals surface area (Å²) in [6.07, 6.45) is 1.26. The average Bonchev–Trinajstić information content (AvgIpc) is 2.87. The maximum Gasteiger partial charge on any atom is 0.221 e. The Morgan fingerprint density at radius 1 is 1.17 bits per heavy atom. The van der Waals surface area contributed by atoms with Gasteiger partial charge in [0.2, 0.25) is 5.91 Å². The van der Waals surface area contributed by atoms with Crippen molar-refractivity contribution >= 4 is 17.5 Å². The minimum Gasteiger partial charge on any atom is -0.351 e. The number of rotatable bonds is 4. The van der Waals surface area contributed by atoms with E-state index in [4.69, 9.17) is 0 Å². The molecule has 1 aliphatic carbocycles. The van der Waals surface area contributed by atoms with Crippen molar-refractivity contribution < 1.29 is 18.8 Å². The topological polar surface area (TPSA) is 76.1 Å². The van der Waals surface area contributed by atoms with Crippen molar-refractivity contribution in [2.24, 2.45) is 5.92 Å². The molecule has 1 heterocycles. The van der Waals surface area contributed by atoms with Crippen LogP contribution in [0.3, 0.4) is 0 Å². The molecule has 1 fully saturated rings. The van der Waals surface area contributed by atoms with E-state index < -0.39 is 17.7 Å². The Morgan fingerprint density at radius 2 is 1.80 bits per heavy atom. The first-order valence-corrected chi connectivity index (χ1v) is 10.1. The molecule has 1 aliphatic rings. The lowest BCUT2D eigenvalue weighted by Crippen LogP contribution is -2.41. The highest BCUT2D eigenvalue weighted by Gasteiger charge is 2.44. The van der Waals surface area contributed by atoms with Gasteiger partial charge in [-0.15, -0.1) is 0 Å². The molecule has 6 heteroatoms. The molecule has 2 unspecified atom stereocenters. The van der Waals surface area contributed by atoms with Gasteiger partial charge in [-0.3, -0.25) is 19.4 Å². The highest BCUT2D eigenvalue weighted by atomic mass is 19.1.